The number of halogens is 1. The minimum Gasteiger partial charge on any atom is -0.376 e. The Kier molecular flexibility index (Phi) is 3.20. The lowest BCUT2D eigenvalue weighted by atomic mass is 10.2. The van der Waals surface area contributed by atoms with Gasteiger partial charge < -0.3 is 9.72 Å². The Bertz CT molecular complexity index is 731. The van der Waals surface area contributed by atoms with Crippen LogP contribution in [0.15, 0.2) is 23.0 Å². The standard InChI is InChI=1S/C13H13FN2O2S/c14-10-5-1-4-9-11(10)15-13(19)16(12(9)17)7-8-3-2-6-18-8/h1,4-5,8H,2-3,6-7H2,(H,15,19). The van der Waals surface area contributed by atoms with Gasteiger partial charge in [0, 0.05) is 6.61 Å². The van der Waals surface area contributed by atoms with Gasteiger partial charge in [-0.25, -0.2) is 4.39 Å². The van der Waals surface area contributed by atoms with Crippen LogP contribution in [0.5, 0.6) is 0 Å². The summed E-state index contributed by atoms with van der Waals surface area (Å²) >= 11 is 5.15. The van der Waals surface area contributed by atoms with Gasteiger partial charge in [-0.3, -0.25) is 9.36 Å². The lowest BCUT2D eigenvalue weighted by molar-refractivity contribution is 0.0957. The Balaban J connectivity index is 2.15. The normalized spacial score (nSPS) is 19.1. The SMILES string of the molecule is O=c1c2cccc(F)c2[nH]c(=S)n1CC1CCCO1. The molecule has 0 aliphatic carbocycles. The van der Waals surface area contributed by atoms with Crippen molar-refractivity contribution in [3.8, 4) is 0 Å². The van der Waals surface area contributed by atoms with Crippen LogP contribution >= 0.6 is 12.2 Å². The maximum atomic E-state index is 13.6. The number of rotatable bonds is 2. The average Bonchev–Trinajstić information content (AvgIpc) is 2.89. The molecule has 0 bridgehead atoms. The van der Waals surface area contributed by atoms with Crippen molar-refractivity contribution in [2.45, 2.75) is 25.5 Å². The highest BCUT2D eigenvalue weighted by Crippen LogP contribution is 2.15. The zero-order valence-corrected chi connectivity index (χ0v) is 11.0. The number of nitrogens with one attached hydrogen (secondary N) is 1. The molecule has 3 rings (SSSR count). The van der Waals surface area contributed by atoms with E-state index in [1.54, 1.807) is 6.07 Å². The molecule has 1 aromatic carbocycles. The third-order valence-electron chi connectivity index (χ3n) is 3.38. The van der Waals surface area contributed by atoms with Gasteiger partial charge >= 0.3 is 0 Å². The van der Waals surface area contributed by atoms with E-state index in [9.17, 15) is 9.18 Å². The molecular formula is C13H13FN2O2S. The summed E-state index contributed by atoms with van der Waals surface area (Å²) in [6, 6.07) is 4.42. The van der Waals surface area contributed by atoms with Gasteiger partial charge in [0.1, 0.15) is 5.82 Å². The molecule has 1 unspecified atom stereocenters. The first-order valence-corrected chi connectivity index (χ1v) is 6.60. The second-order valence-corrected chi connectivity index (χ2v) is 5.03. The molecular weight excluding hydrogens is 267 g/mol. The number of para-hydroxylation sites is 1. The van der Waals surface area contributed by atoms with Gasteiger partial charge in [-0.1, -0.05) is 6.07 Å². The zero-order chi connectivity index (χ0) is 13.4. The average molecular weight is 280 g/mol. The van der Waals surface area contributed by atoms with Crippen molar-refractivity contribution in [2.24, 2.45) is 0 Å². The molecule has 1 saturated heterocycles. The largest absolute Gasteiger partial charge is 0.376 e. The van der Waals surface area contributed by atoms with Gasteiger partial charge in [0.15, 0.2) is 4.77 Å². The molecule has 4 nitrogen and oxygen atoms in total. The van der Waals surface area contributed by atoms with E-state index in [1.165, 1.54) is 16.7 Å². The fraction of sp³-hybridized carbons (Fsp3) is 0.385. The van der Waals surface area contributed by atoms with Gasteiger partial charge in [-0.05, 0) is 37.2 Å². The van der Waals surface area contributed by atoms with Crippen LogP contribution in [0, 0.1) is 10.6 Å². The molecule has 100 valence electrons. The fourth-order valence-corrected chi connectivity index (χ4v) is 2.66. The first-order valence-electron chi connectivity index (χ1n) is 6.20. The van der Waals surface area contributed by atoms with Crippen molar-refractivity contribution in [1.82, 2.24) is 9.55 Å². The highest BCUT2D eigenvalue weighted by Gasteiger charge is 2.18. The van der Waals surface area contributed by atoms with Crippen molar-refractivity contribution in [3.63, 3.8) is 0 Å². The Hall–Kier alpha value is -1.53. The van der Waals surface area contributed by atoms with Gasteiger partial charge in [-0.15, -0.1) is 0 Å². The molecule has 2 aromatic rings. The number of ether oxygens (including phenoxy) is 1. The molecule has 0 spiro atoms. The van der Waals surface area contributed by atoms with Crippen molar-refractivity contribution in [2.75, 3.05) is 6.61 Å². The second kappa shape index (κ2) is 4.86. The minimum atomic E-state index is -0.468. The molecule has 1 aliphatic heterocycles. The van der Waals surface area contributed by atoms with E-state index in [0.717, 1.165) is 19.4 Å². The summed E-state index contributed by atoms with van der Waals surface area (Å²) in [4.78, 5) is 15.1. The van der Waals surface area contributed by atoms with Crippen LogP contribution < -0.4 is 5.56 Å². The van der Waals surface area contributed by atoms with Crippen LogP contribution in [0.4, 0.5) is 4.39 Å². The highest BCUT2D eigenvalue weighted by atomic mass is 32.1. The third-order valence-corrected chi connectivity index (χ3v) is 3.70. The molecule has 1 aromatic heterocycles. The molecule has 2 heterocycles. The Morgan fingerprint density at radius 1 is 1.53 bits per heavy atom. The van der Waals surface area contributed by atoms with Crippen LogP contribution in [0.3, 0.4) is 0 Å². The van der Waals surface area contributed by atoms with E-state index in [0.29, 0.717) is 11.9 Å². The van der Waals surface area contributed by atoms with E-state index in [2.05, 4.69) is 4.98 Å². The van der Waals surface area contributed by atoms with Crippen LogP contribution in [-0.2, 0) is 11.3 Å². The number of benzene rings is 1. The van der Waals surface area contributed by atoms with Crippen molar-refractivity contribution < 1.29 is 9.13 Å². The second-order valence-electron chi connectivity index (χ2n) is 4.64. The van der Waals surface area contributed by atoms with E-state index < -0.39 is 5.82 Å². The third kappa shape index (κ3) is 2.21. The zero-order valence-electron chi connectivity index (χ0n) is 10.2. The lowest BCUT2D eigenvalue weighted by Crippen LogP contribution is -2.28. The van der Waals surface area contributed by atoms with Gasteiger partial charge in [-0.2, -0.15) is 0 Å². The number of hydrogen-bond acceptors (Lipinski definition) is 3. The van der Waals surface area contributed by atoms with Crippen LogP contribution in [-0.4, -0.2) is 22.3 Å². The Labute approximate surface area is 113 Å². The van der Waals surface area contributed by atoms with E-state index >= 15 is 0 Å². The summed E-state index contributed by atoms with van der Waals surface area (Å²) in [5.74, 6) is -0.468. The maximum Gasteiger partial charge on any atom is 0.262 e. The molecule has 1 atom stereocenters. The summed E-state index contributed by atoms with van der Waals surface area (Å²) in [6.07, 6.45) is 1.93. The summed E-state index contributed by atoms with van der Waals surface area (Å²) in [5, 5.41) is 0.312. The van der Waals surface area contributed by atoms with E-state index in [1.807, 2.05) is 0 Å². The van der Waals surface area contributed by atoms with Gasteiger partial charge in [0.25, 0.3) is 5.56 Å². The predicted octanol–water partition coefficient (Wildman–Crippen LogP) is 2.38. The molecule has 0 saturated carbocycles. The number of aromatic nitrogens is 2. The predicted molar refractivity (Wildman–Crippen MR) is 72.3 cm³/mol. The maximum absolute atomic E-state index is 13.6. The summed E-state index contributed by atoms with van der Waals surface area (Å²) in [6.45, 7) is 1.14. The van der Waals surface area contributed by atoms with E-state index in [-0.39, 0.29) is 22.0 Å². The van der Waals surface area contributed by atoms with Crippen LogP contribution in [0.25, 0.3) is 10.9 Å². The van der Waals surface area contributed by atoms with Crippen molar-refractivity contribution >= 4 is 23.1 Å². The molecule has 1 N–H and O–H groups in total. The van der Waals surface area contributed by atoms with Crippen LogP contribution in [0.1, 0.15) is 12.8 Å². The fourth-order valence-electron chi connectivity index (χ4n) is 2.40. The highest BCUT2D eigenvalue weighted by molar-refractivity contribution is 7.71. The lowest BCUT2D eigenvalue weighted by Gasteiger charge is -2.12. The minimum absolute atomic E-state index is 0.0128. The molecule has 0 radical (unpaired) electrons. The number of aromatic amines is 1. The van der Waals surface area contributed by atoms with Crippen molar-refractivity contribution in [3.05, 3.63) is 39.1 Å². The number of fused-ring (bicyclic) bond motifs is 1. The van der Waals surface area contributed by atoms with Gasteiger partial charge in [0.05, 0.1) is 23.6 Å². The summed E-state index contributed by atoms with van der Waals surface area (Å²) < 4.78 is 20.8. The monoisotopic (exact) mass is 280 g/mol. The number of H-pyrrole nitrogens is 1. The molecule has 0 amide bonds. The smallest absolute Gasteiger partial charge is 0.262 e. The molecule has 6 heteroatoms. The first kappa shape index (κ1) is 12.5. The van der Waals surface area contributed by atoms with Gasteiger partial charge in [0.2, 0.25) is 0 Å². The van der Waals surface area contributed by atoms with Crippen LogP contribution in [0.2, 0.25) is 0 Å². The summed E-state index contributed by atoms with van der Waals surface area (Å²) in [7, 11) is 0. The number of nitrogens with zero attached hydrogens (tertiary/aromatic N) is 1. The van der Waals surface area contributed by atoms with Crippen molar-refractivity contribution in [1.29, 1.82) is 0 Å². The molecule has 1 aliphatic rings. The Morgan fingerprint density at radius 3 is 3.11 bits per heavy atom. The first-order chi connectivity index (χ1) is 9.16. The molecule has 1 fully saturated rings. The quantitative estimate of drug-likeness (QED) is 0.859. The molecule has 19 heavy (non-hydrogen) atoms. The Morgan fingerprint density at radius 2 is 2.37 bits per heavy atom. The topological polar surface area (TPSA) is 47.0 Å². The number of hydrogen-bond donors (Lipinski definition) is 1. The summed E-state index contributed by atoms with van der Waals surface area (Å²) in [5.41, 5.74) is -0.102. The van der Waals surface area contributed by atoms with E-state index in [4.69, 9.17) is 17.0 Å².